The first kappa shape index (κ1) is 8.41. The fourth-order valence-electron chi connectivity index (χ4n) is 1.63. The zero-order valence-corrected chi connectivity index (χ0v) is 7.54. The molecule has 1 rings (SSSR count). The van der Waals surface area contributed by atoms with Crippen LogP contribution in [0.4, 0.5) is 0 Å². The predicted octanol–water partition coefficient (Wildman–Crippen LogP) is 2.01. The largest absolute Gasteiger partial charge is 0.325 e. The van der Waals surface area contributed by atoms with Crippen LogP contribution >= 0.6 is 11.8 Å². The molecule has 0 radical (unpaired) electrons. The minimum Gasteiger partial charge on any atom is -0.325 e. The van der Waals surface area contributed by atoms with Gasteiger partial charge in [-0.3, -0.25) is 0 Å². The summed E-state index contributed by atoms with van der Waals surface area (Å²) >= 11 is 1.91. The summed E-state index contributed by atoms with van der Waals surface area (Å²) < 4.78 is 0. The van der Waals surface area contributed by atoms with E-state index in [-0.39, 0.29) is 5.54 Å². The Morgan fingerprint density at radius 2 is 2.00 bits per heavy atom. The van der Waals surface area contributed by atoms with Crippen molar-refractivity contribution in [2.45, 2.75) is 37.6 Å². The Kier molecular flexibility index (Phi) is 3.05. The SMILES string of the molecule is CSCCC1(N)CCCC1. The molecular weight excluding hydrogens is 142 g/mol. The molecular formula is C8H17NS. The Bertz CT molecular complexity index is 97.4. The molecule has 60 valence electrons. The van der Waals surface area contributed by atoms with Gasteiger partial charge in [0, 0.05) is 5.54 Å². The third kappa shape index (κ3) is 2.17. The smallest absolute Gasteiger partial charge is 0.0162 e. The van der Waals surface area contributed by atoms with E-state index in [0.29, 0.717) is 0 Å². The van der Waals surface area contributed by atoms with Crippen molar-refractivity contribution >= 4 is 11.8 Å². The fraction of sp³-hybridized carbons (Fsp3) is 1.00. The number of thioether (sulfide) groups is 1. The van der Waals surface area contributed by atoms with Crippen LogP contribution < -0.4 is 5.73 Å². The topological polar surface area (TPSA) is 26.0 Å². The molecule has 0 aromatic carbocycles. The Morgan fingerprint density at radius 1 is 1.40 bits per heavy atom. The van der Waals surface area contributed by atoms with Crippen LogP contribution in [0.2, 0.25) is 0 Å². The molecule has 0 aromatic rings. The third-order valence-corrected chi connectivity index (χ3v) is 3.02. The molecule has 0 spiro atoms. The first-order chi connectivity index (χ1) is 4.77. The Labute approximate surface area is 67.8 Å². The first-order valence-corrected chi connectivity index (χ1v) is 5.44. The van der Waals surface area contributed by atoms with Gasteiger partial charge in [-0.15, -0.1) is 0 Å². The number of rotatable bonds is 3. The minimum atomic E-state index is 0.225. The maximum atomic E-state index is 6.13. The highest BCUT2D eigenvalue weighted by Crippen LogP contribution is 2.30. The summed E-state index contributed by atoms with van der Waals surface area (Å²) in [5.41, 5.74) is 6.36. The summed E-state index contributed by atoms with van der Waals surface area (Å²) in [6, 6.07) is 0. The second-order valence-electron chi connectivity index (χ2n) is 3.31. The van der Waals surface area contributed by atoms with Gasteiger partial charge in [0.2, 0.25) is 0 Å². The molecule has 0 saturated heterocycles. The van der Waals surface area contributed by atoms with E-state index in [1.807, 2.05) is 11.8 Å². The molecule has 0 bridgehead atoms. The van der Waals surface area contributed by atoms with E-state index in [9.17, 15) is 0 Å². The summed E-state index contributed by atoms with van der Waals surface area (Å²) in [5.74, 6) is 1.23. The van der Waals surface area contributed by atoms with Crippen LogP contribution in [0.1, 0.15) is 32.1 Å². The lowest BCUT2D eigenvalue weighted by atomic mass is 9.96. The fourth-order valence-corrected chi connectivity index (χ4v) is 2.25. The van der Waals surface area contributed by atoms with Gasteiger partial charge in [-0.1, -0.05) is 12.8 Å². The van der Waals surface area contributed by atoms with Crippen molar-refractivity contribution in [2.24, 2.45) is 5.73 Å². The summed E-state index contributed by atoms with van der Waals surface area (Å²) in [4.78, 5) is 0. The van der Waals surface area contributed by atoms with Crippen molar-refractivity contribution in [1.29, 1.82) is 0 Å². The zero-order chi connectivity index (χ0) is 7.45. The molecule has 0 atom stereocenters. The molecule has 0 aromatic heterocycles. The molecule has 0 unspecified atom stereocenters. The number of nitrogens with two attached hydrogens (primary N) is 1. The lowest BCUT2D eigenvalue weighted by Crippen LogP contribution is -2.36. The maximum absolute atomic E-state index is 6.13. The predicted molar refractivity (Wildman–Crippen MR) is 48.4 cm³/mol. The highest BCUT2D eigenvalue weighted by atomic mass is 32.2. The highest BCUT2D eigenvalue weighted by Gasteiger charge is 2.27. The summed E-state index contributed by atoms with van der Waals surface area (Å²) in [6.07, 6.45) is 8.59. The van der Waals surface area contributed by atoms with E-state index in [1.54, 1.807) is 0 Å². The van der Waals surface area contributed by atoms with Gasteiger partial charge in [-0.2, -0.15) is 11.8 Å². The number of hydrogen-bond donors (Lipinski definition) is 1. The van der Waals surface area contributed by atoms with Crippen molar-refractivity contribution in [3.63, 3.8) is 0 Å². The third-order valence-electron chi connectivity index (χ3n) is 2.40. The summed E-state index contributed by atoms with van der Waals surface area (Å²) in [6.45, 7) is 0. The molecule has 1 fully saturated rings. The van der Waals surface area contributed by atoms with Gasteiger partial charge in [0.25, 0.3) is 0 Å². The molecule has 1 aliphatic rings. The molecule has 1 saturated carbocycles. The van der Waals surface area contributed by atoms with E-state index in [0.717, 1.165) is 0 Å². The zero-order valence-electron chi connectivity index (χ0n) is 6.73. The normalized spacial score (nSPS) is 23.4. The highest BCUT2D eigenvalue weighted by molar-refractivity contribution is 7.98. The van der Waals surface area contributed by atoms with Crippen molar-refractivity contribution in [3.8, 4) is 0 Å². The van der Waals surface area contributed by atoms with Gasteiger partial charge in [0.05, 0.1) is 0 Å². The van der Waals surface area contributed by atoms with Crippen LogP contribution in [0.25, 0.3) is 0 Å². The molecule has 1 nitrogen and oxygen atoms in total. The van der Waals surface area contributed by atoms with Crippen molar-refractivity contribution in [1.82, 2.24) is 0 Å². The van der Waals surface area contributed by atoms with E-state index in [2.05, 4.69) is 6.26 Å². The average molecular weight is 159 g/mol. The lowest BCUT2D eigenvalue weighted by molar-refractivity contribution is 0.428. The Morgan fingerprint density at radius 3 is 2.50 bits per heavy atom. The second kappa shape index (κ2) is 3.63. The van der Waals surface area contributed by atoms with Crippen LogP contribution in [-0.4, -0.2) is 17.5 Å². The van der Waals surface area contributed by atoms with Crippen molar-refractivity contribution < 1.29 is 0 Å². The first-order valence-electron chi connectivity index (χ1n) is 4.05. The molecule has 1 aliphatic carbocycles. The van der Waals surface area contributed by atoms with Gasteiger partial charge >= 0.3 is 0 Å². The molecule has 0 aliphatic heterocycles. The van der Waals surface area contributed by atoms with E-state index in [1.165, 1.54) is 37.9 Å². The quantitative estimate of drug-likeness (QED) is 0.681. The van der Waals surface area contributed by atoms with Gasteiger partial charge in [0.1, 0.15) is 0 Å². The summed E-state index contributed by atoms with van der Waals surface area (Å²) in [5, 5.41) is 0. The Hall–Kier alpha value is 0.310. The van der Waals surface area contributed by atoms with Crippen molar-refractivity contribution in [2.75, 3.05) is 12.0 Å². The Balaban J connectivity index is 2.22. The average Bonchev–Trinajstić information content (AvgIpc) is 2.33. The van der Waals surface area contributed by atoms with E-state index >= 15 is 0 Å². The lowest BCUT2D eigenvalue weighted by Gasteiger charge is -2.22. The van der Waals surface area contributed by atoms with Crippen LogP contribution in [-0.2, 0) is 0 Å². The number of hydrogen-bond acceptors (Lipinski definition) is 2. The molecule has 2 N–H and O–H groups in total. The maximum Gasteiger partial charge on any atom is 0.0162 e. The minimum absolute atomic E-state index is 0.225. The molecule has 10 heavy (non-hydrogen) atoms. The molecule has 0 heterocycles. The molecule has 0 amide bonds. The van der Waals surface area contributed by atoms with Crippen LogP contribution in [0.5, 0.6) is 0 Å². The standard InChI is InChI=1S/C8H17NS/c1-10-7-6-8(9)4-2-3-5-8/h2-7,9H2,1H3. The van der Waals surface area contributed by atoms with Crippen LogP contribution in [0, 0.1) is 0 Å². The van der Waals surface area contributed by atoms with Crippen LogP contribution in [0.3, 0.4) is 0 Å². The van der Waals surface area contributed by atoms with E-state index in [4.69, 9.17) is 5.73 Å². The van der Waals surface area contributed by atoms with Gasteiger partial charge < -0.3 is 5.73 Å². The second-order valence-corrected chi connectivity index (χ2v) is 4.30. The molecule has 2 heteroatoms. The van der Waals surface area contributed by atoms with Gasteiger partial charge in [0.15, 0.2) is 0 Å². The summed E-state index contributed by atoms with van der Waals surface area (Å²) in [7, 11) is 0. The monoisotopic (exact) mass is 159 g/mol. The van der Waals surface area contributed by atoms with Crippen LogP contribution in [0.15, 0.2) is 0 Å². The van der Waals surface area contributed by atoms with E-state index < -0.39 is 0 Å². The van der Waals surface area contributed by atoms with Crippen molar-refractivity contribution in [3.05, 3.63) is 0 Å². The van der Waals surface area contributed by atoms with Gasteiger partial charge in [-0.05, 0) is 31.3 Å². The van der Waals surface area contributed by atoms with Gasteiger partial charge in [-0.25, -0.2) is 0 Å².